The first kappa shape index (κ1) is 11.7. The van der Waals surface area contributed by atoms with Gasteiger partial charge in [-0.05, 0) is 36.8 Å². The highest BCUT2D eigenvalue weighted by Crippen LogP contribution is 2.21. The third kappa shape index (κ3) is 2.34. The quantitative estimate of drug-likeness (QED) is 0.849. The van der Waals surface area contributed by atoms with E-state index in [1.807, 2.05) is 51.1 Å². The van der Waals surface area contributed by atoms with E-state index in [-0.39, 0.29) is 11.6 Å². The van der Waals surface area contributed by atoms with Gasteiger partial charge in [0.1, 0.15) is 0 Å². The van der Waals surface area contributed by atoms with Crippen molar-refractivity contribution in [3.63, 3.8) is 0 Å². The Kier molecular flexibility index (Phi) is 2.93. The number of benzene rings is 1. The standard InChI is InChI=1S/C12H17N5/c1-12(2,3)17-11(14-15-16-17)10(13)9-7-5-4-6-8-9/h4-8,10H,13H2,1-3H3. The summed E-state index contributed by atoms with van der Waals surface area (Å²) in [5.41, 5.74) is 7.03. The van der Waals surface area contributed by atoms with E-state index in [4.69, 9.17) is 5.73 Å². The van der Waals surface area contributed by atoms with Crippen molar-refractivity contribution in [3.8, 4) is 0 Å². The van der Waals surface area contributed by atoms with Crippen molar-refractivity contribution in [1.29, 1.82) is 0 Å². The second-order valence-electron chi connectivity index (χ2n) is 5.01. The Morgan fingerprint density at radius 1 is 1.18 bits per heavy atom. The van der Waals surface area contributed by atoms with E-state index >= 15 is 0 Å². The fourth-order valence-electron chi connectivity index (χ4n) is 1.68. The average molecular weight is 231 g/mol. The summed E-state index contributed by atoms with van der Waals surface area (Å²) in [5, 5.41) is 11.8. The molecule has 2 aromatic rings. The van der Waals surface area contributed by atoms with Crippen molar-refractivity contribution in [1.82, 2.24) is 20.2 Å². The van der Waals surface area contributed by atoms with Crippen LogP contribution in [0.4, 0.5) is 0 Å². The normalized spacial score (nSPS) is 13.6. The average Bonchev–Trinajstić information content (AvgIpc) is 2.78. The van der Waals surface area contributed by atoms with Crippen LogP contribution in [0.2, 0.25) is 0 Å². The predicted octanol–water partition coefficient (Wildman–Crippen LogP) is 1.48. The van der Waals surface area contributed by atoms with Gasteiger partial charge in [0.25, 0.3) is 0 Å². The molecule has 0 radical (unpaired) electrons. The number of hydrogen-bond donors (Lipinski definition) is 1. The minimum Gasteiger partial charge on any atom is -0.318 e. The molecule has 2 rings (SSSR count). The molecule has 0 saturated carbocycles. The number of rotatable bonds is 2. The van der Waals surface area contributed by atoms with Crippen LogP contribution < -0.4 is 5.73 Å². The van der Waals surface area contributed by atoms with Gasteiger partial charge in [-0.1, -0.05) is 30.3 Å². The lowest BCUT2D eigenvalue weighted by Crippen LogP contribution is -2.29. The highest BCUT2D eigenvalue weighted by molar-refractivity contribution is 5.23. The molecule has 90 valence electrons. The Labute approximate surface area is 101 Å². The second-order valence-corrected chi connectivity index (χ2v) is 5.01. The lowest BCUT2D eigenvalue weighted by molar-refractivity contribution is 0.331. The molecule has 1 unspecified atom stereocenters. The molecule has 0 aliphatic rings. The molecule has 1 aromatic heterocycles. The summed E-state index contributed by atoms with van der Waals surface area (Å²) in [4.78, 5) is 0. The summed E-state index contributed by atoms with van der Waals surface area (Å²) < 4.78 is 1.77. The fraction of sp³-hybridized carbons (Fsp3) is 0.417. The van der Waals surface area contributed by atoms with Gasteiger partial charge in [-0.15, -0.1) is 5.10 Å². The Morgan fingerprint density at radius 2 is 1.82 bits per heavy atom. The third-order valence-electron chi connectivity index (χ3n) is 2.57. The van der Waals surface area contributed by atoms with Crippen molar-refractivity contribution in [2.24, 2.45) is 5.73 Å². The molecule has 5 heteroatoms. The van der Waals surface area contributed by atoms with Crippen molar-refractivity contribution in [2.45, 2.75) is 32.4 Å². The molecular formula is C12H17N5. The highest BCUT2D eigenvalue weighted by Gasteiger charge is 2.24. The maximum absolute atomic E-state index is 6.19. The molecule has 1 aromatic carbocycles. The zero-order valence-corrected chi connectivity index (χ0v) is 10.3. The monoisotopic (exact) mass is 231 g/mol. The first-order valence-electron chi connectivity index (χ1n) is 5.59. The van der Waals surface area contributed by atoms with Crippen molar-refractivity contribution < 1.29 is 0 Å². The summed E-state index contributed by atoms with van der Waals surface area (Å²) in [5.74, 6) is 0.684. The van der Waals surface area contributed by atoms with E-state index in [2.05, 4.69) is 15.5 Å². The van der Waals surface area contributed by atoms with Gasteiger partial charge in [-0.2, -0.15) is 0 Å². The van der Waals surface area contributed by atoms with E-state index < -0.39 is 0 Å². The van der Waals surface area contributed by atoms with Crippen LogP contribution in [-0.2, 0) is 5.54 Å². The van der Waals surface area contributed by atoms with Crippen LogP contribution in [0.25, 0.3) is 0 Å². The van der Waals surface area contributed by atoms with Crippen LogP contribution in [0.15, 0.2) is 30.3 Å². The molecule has 1 atom stereocenters. The Morgan fingerprint density at radius 3 is 2.41 bits per heavy atom. The Hall–Kier alpha value is -1.75. The Balaban J connectivity index is 2.39. The summed E-state index contributed by atoms with van der Waals surface area (Å²) in [6.45, 7) is 6.14. The number of aromatic nitrogens is 4. The van der Waals surface area contributed by atoms with Crippen LogP contribution in [0.5, 0.6) is 0 Å². The van der Waals surface area contributed by atoms with E-state index in [1.165, 1.54) is 0 Å². The molecule has 0 fully saturated rings. The number of nitrogens with zero attached hydrogens (tertiary/aromatic N) is 4. The molecule has 0 bridgehead atoms. The Bertz CT molecular complexity index is 483. The molecule has 5 nitrogen and oxygen atoms in total. The van der Waals surface area contributed by atoms with E-state index in [0.717, 1.165) is 5.56 Å². The van der Waals surface area contributed by atoms with Gasteiger partial charge in [0, 0.05) is 0 Å². The zero-order valence-electron chi connectivity index (χ0n) is 10.3. The second kappa shape index (κ2) is 4.25. The summed E-state index contributed by atoms with van der Waals surface area (Å²) in [6, 6.07) is 9.54. The molecule has 0 saturated heterocycles. The van der Waals surface area contributed by atoms with E-state index in [1.54, 1.807) is 4.68 Å². The number of tetrazole rings is 1. The summed E-state index contributed by atoms with van der Waals surface area (Å²) >= 11 is 0. The third-order valence-corrected chi connectivity index (χ3v) is 2.57. The number of hydrogen-bond acceptors (Lipinski definition) is 4. The minimum absolute atomic E-state index is 0.175. The van der Waals surface area contributed by atoms with Crippen LogP contribution in [0.1, 0.15) is 38.2 Å². The van der Waals surface area contributed by atoms with Crippen molar-refractivity contribution in [2.75, 3.05) is 0 Å². The molecule has 0 amide bonds. The van der Waals surface area contributed by atoms with E-state index in [9.17, 15) is 0 Å². The van der Waals surface area contributed by atoms with Crippen LogP contribution >= 0.6 is 0 Å². The van der Waals surface area contributed by atoms with Gasteiger partial charge in [-0.3, -0.25) is 0 Å². The molecule has 1 heterocycles. The molecule has 2 N–H and O–H groups in total. The first-order valence-corrected chi connectivity index (χ1v) is 5.59. The van der Waals surface area contributed by atoms with Gasteiger partial charge < -0.3 is 5.73 Å². The van der Waals surface area contributed by atoms with Crippen LogP contribution in [0, 0.1) is 0 Å². The molecule has 0 spiro atoms. The largest absolute Gasteiger partial charge is 0.318 e. The first-order chi connectivity index (χ1) is 8.00. The van der Waals surface area contributed by atoms with Gasteiger partial charge in [0.05, 0.1) is 11.6 Å². The zero-order chi connectivity index (χ0) is 12.5. The minimum atomic E-state index is -0.301. The van der Waals surface area contributed by atoms with E-state index in [0.29, 0.717) is 5.82 Å². The molecule has 0 aliphatic heterocycles. The molecule has 0 aliphatic carbocycles. The molecular weight excluding hydrogens is 214 g/mol. The maximum Gasteiger partial charge on any atom is 0.173 e. The van der Waals surface area contributed by atoms with Crippen LogP contribution in [0.3, 0.4) is 0 Å². The topological polar surface area (TPSA) is 69.6 Å². The summed E-state index contributed by atoms with van der Waals surface area (Å²) in [7, 11) is 0. The number of nitrogens with two attached hydrogens (primary N) is 1. The maximum atomic E-state index is 6.19. The van der Waals surface area contributed by atoms with Crippen molar-refractivity contribution >= 4 is 0 Å². The van der Waals surface area contributed by atoms with Gasteiger partial charge in [0.15, 0.2) is 5.82 Å². The van der Waals surface area contributed by atoms with Gasteiger partial charge in [-0.25, -0.2) is 4.68 Å². The highest BCUT2D eigenvalue weighted by atomic mass is 15.6. The lowest BCUT2D eigenvalue weighted by Gasteiger charge is -2.22. The SMILES string of the molecule is CC(C)(C)n1nnnc1C(N)c1ccccc1. The molecule has 17 heavy (non-hydrogen) atoms. The smallest absolute Gasteiger partial charge is 0.173 e. The van der Waals surface area contributed by atoms with Crippen LogP contribution in [-0.4, -0.2) is 20.2 Å². The van der Waals surface area contributed by atoms with Gasteiger partial charge in [0.2, 0.25) is 0 Å². The lowest BCUT2D eigenvalue weighted by atomic mass is 10.1. The fourth-order valence-corrected chi connectivity index (χ4v) is 1.68. The summed E-state index contributed by atoms with van der Waals surface area (Å²) in [6.07, 6.45) is 0. The predicted molar refractivity (Wildman–Crippen MR) is 65.3 cm³/mol. The van der Waals surface area contributed by atoms with Crippen molar-refractivity contribution in [3.05, 3.63) is 41.7 Å². The van der Waals surface area contributed by atoms with Gasteiger partial charge >= 0.3 is 0 Å².